The van der Waals surface area contributed by atoms with Crippen LogP contribution in [-0.2, 0) is 10.9 Å². The highest BCUT2D eigenvalue weighted by atomic mass is 35.5. The predicted molar refractivity (Wildman–Crippen MR) is 80.7 cm³/mol. The second kappa shape index (κ2) is 6.86. The molecule has 25 heavy (non-hydrogen) atoms. The summed E-state index contributed by atoms with van der Waals surface area (Å²) in [4.78, 5) is 15.3. The molecule has 10 heteroatoms. The Labute approximate surface area is 148 Å². The smallest absolute Gasteiger partial charge is 0.417 e. The molecular formula is C15H6Cl2F4N2O2. The first-order valence-corrected chi connectivity index (χ1v) is 7.11. The van der Waals surface area contributed by atoms with Crippen molar-refractivity contribution in [3.63, 3.8) is 0 Å². The lowest BCUT2D eigenvalue weighted by atomic mass is 10.0. The van der Waals surface area contributed by atoms with Gasteiger partial charge in [-0.25, -0.2) is 14.2 Å². The van der Waals surface area contributed by atoms with Crippen LogP contribution in [0.3, 0.4) is 0 Å². The fourth-order valence-electron chi connectivity index (χ4n) is 1.98. The van der Waals surface area contributed by atoms with Gasteiger partial charge >= 0.3 is 12.1 Å². The van der Waals surface area contributed by atoms with Crippen molar-refractivity contribution < 1.29 is 27.1 Å². The molecule has 0 saturated heterocycles. The van der Waals surface area contributed by atoms with Crippen LogP contribution in [0.1, 0.15) is 21.6 Å². The Balaban J connectivity index is 2.75. The zero-order valence-electron chi connectivity index (χ0n) is 12.2. The number of hydrogen-bond donors (Lipinski definition) is 0. The number of ether oxygens (including phenoxy) is 1. The molecule has 1 aromatic carbocycles. The maximum absolute atomic E-state index is 14.2. The number of hydrogen-bond acceptors (Lipinski definition) is 4. The second-order valence-corrected chi connectivity index (χ2v) is 5.44. The molecule has 2 rings (SSSR count). The molecule has 130 valence electrons. The van der Waals surface area contributed by atoms with Crippen molar-refractivity contribution in [2.75, 3.05) is 7.11 Å². The molecule has 0 atom stereocenters. The highest BCUT2D eigenvalue weighted by Gasteiger charge is 2.35. The molecule has 0 saturated carbocycles. The molecule has 0 aliphatic carbocycles. The van der Waals surface area contributed by atoms with Gasteiger partial charge in [0.15, 0.2) is 11.5 Å². The molecule has 0 spiro atoms. The molecule has 0 aliphatic rings. The van der Waals surface area contributed by atoms with Gasteiger partial charge in [0, 0.05) is 5.56 Å². The molecular weight excluding hydrogens is 387 g/mol. The van der Waals surface area contributed by atoms with Crippen molar-refractivity contribution in [3.05, 3.63) is 50.9 Å². The van der Waals surface area contributed by atoms with Crippen molar-refractivity contribution in [1.82, 2.24) is 4.98 Å². The lowest BCUT2D eigenvalue weighted by Crippen LogP contribution is -2.10. The van der Waals surface area contributed by atoms with Gasteiger partial charge in [-0.15, -0.1) is 0 Å². The number of nitriles is 1. The first kappa shape index (κ1) is 19.0. The van der Waals surface area contributed by atoms with Crippen LogP contribution in [0.2, 0.25) is 10.0 Å². The van der Waals surface area contributed by atoms with Gasteiger partial charge in [0.05, 0.1) is 34.4 Å². The Morgan fingerprint density at radius 3 is 2.40 bits per heavy atom. The molecule has 4 nitrogen and oxygen atoms in total. The van der Waals surface area contributed by atoms with Gasteiger partial charge in [-0.05, 0) is 18.2 Å². The van der Waals surface area contributed by atoms with Gasteiger partial charge in [0.1, 0.15) is 5.69 Å². The van der Waals surface area contributed by atoms with E-state index in [0.29, 0.717) is 6.07 Å². The first-order chi connectivity index (χ1) is 11.6. The number of methoxy groups -OCH3 is 1. The Hall–Kier alpha value is -2.37. The third-order valence-corrected chi connectivity index (χ3v) is 3.70. The fourth-order valence-corrected chi connectivity index (χ4v) is 2.45. The first-order valence-electron chi connectivity index (χ1n) is 6.35. The lowest BCUT2D eigenvalue weighted by Gasteiger charge is -2.13. The van der Waals surface area contributed by atoms with Crippen molar-refractivity contribution >= 4 is 29.2 Å². The highest BCUT2D eigenvalue weighted by Crippen LogP contribution is 2.38. The van der Waals surface area contributed by atoms with Crippen LogP contribution in [0.25, 0.3) is 11.3 Å². The van der Waals surface area contributed by atoms with Crippen LogP contribution in [0.5, 0.6) is 0 Å². The number of pyridine rings is 1. The number of benzene rings is 1. The van der Waals surface area contributed by atoms with Gasteiger partial charge in [-0.3, -0.25) is 0 Å². The second-order valence-electron chi connectivity index (χ2n) is 4.63. The van der Waals surface area contributed by atoms with E-state index in [2.05, 4.69) is 9.72 Å². The van der Waals surface area contributed by atoms with E-state index >= 15 is 0 Å². The van der Waals surface area contributed by atoms with Crippen molar-refractivity contribution in [2.24, 2.45) is 0 Å². The van der Waals surface area contributed by atoms with E-state index in [4.69, 9.17) is 28.5 Å². The number of aromatic nitrogens is 1. The zero-order valence-corrected chi connectivity index (χ0v) is 13.7. The molecule has 1 heterocycles. The minimum atomic E-state index is -4.82. The van der Waals surface area contributed by atoms with Crippen LogP contribution in [-0.4, -0.2) is 18.1 Å². The Morgan fingerprint density at radius 2 is 1.88 bits per heavy atom. The maximum atomic E-state index is 14.2. The highest BCUT2D eigenvalue weighted by molar-refractivity contribution is 6.34. The summed E-state index contributed by atoms with van der Waals surface area (Å²) in [6.45, 7) is 0. The number of halogens is 6. The maximum Gasteiger partial charge on any atom is 0.417 e. The third-order valence-electron chi connectivity index (χ3n) is 3.10. The van der Waals surface area contributed by atoms with Crippen LogP contribution in [0, 0.1) is 17.1 Å². The number of carbonyl (C=O) groups excluding carboxylic acids is 1. The molecule has 0 radical (unpaired) electrons. The van der Waals surface area contributed by atoms with E-state index in [1.807, 2.05) is 0 Å². The van der Waals surface area contributed by atoms with Crippen LogP contribution in [0.15, 0.2) is 18.2 Å². The van der Waals surface area contributed by atoms with Gasteiger partial charge < -0.3 is 4.74 Å². The number of esters is 1. The predicted octanol–water partition coefficient (Wildman–Crippen LogP) is 4.87. The summed E-state index contributed by atoms with van der Waals surface area (Å²) in [5, 5.41) is 8.08. The number of nitrogens with zero attached hydrogens (tertiary/aromatic N) is 2. The normalized spacial score (nSPS) is 11.1. The Kier molecular flexibility index (Phi) is 5.20. The largest absolute Gasteiger partial charge is 0.464 e. The average molecular weight is 393 g/mol. The molecule has 0 bridgehead atoms. The van der Waals surface area contributed by atoms with Crippen LogP contribution >= 0.6 is 23.2 Å². The molecule has 0 amide bonds. The number of rotatable bonds is 2. The van der Waals surface area contributed by atoms with Gasteiger partial charge in [-0.1, -0.05) is 23.2 Å². The van der Waals surface area contributed by atoms with Crippen molar-refractivity contribution in [1.29, 1.82) is 5.26 Å². The summed E-state index contributed by atoms with van der Waals surface area (Å²) in [6.07, 6.45) is -4.82. The van der Waals surface area contributed by atoms with Crippen LogP contribution < -0.4 is 0 Å². The molecule has 0 N–H and O–H groups in total. The van der Waals surface area contributed by atoms with Gasteiger partial charge in [-0.2, -0.15) is 18.4 Å². The molecule has 0 unspecified atom stereocenters. The number of alkyl halides is 3. The minimum absolute atomic E-state index is 0.300. The van der Waals surface area contributed by atoms with E-state index < -0.39 is 45.5 Å². The number of carbonyl (C=O) groups is 1. The minimum Gasteiger partial charge on any atom is -0.464 e. The molecule has 2 aromatic rings. The average Bonchev–Trinajstić information content (AvgIpc) is 2.53. The summed E-state index contributed by atoms with van der Waals surface area (Å²) in [7, 11) is 1.04. The third kappa shape index (κ3) is 3.67. The fraction of sp³-hybridized carbons (Fsp3) is 0.133. The monoisotopic (exact) mass is 392 g/mol. The summed E-state index contributed by atoms with van der Waals surface area (Å²) in [5.74, 6) is -2.02. The topological polar surface area (TPSA) is 63.0 Å². The summed E-state index contributed by atoms with van der Waals surface area (Å²) in [5.41, 5.74) is -3.34. The van der Waals surface area contributed by atoms with Gasteiger partial charge in [0.25, 0.3) is 0 Å². The Bertz CT molecular complexity index is 908. The molecule has 0 fully saturated rings. The van der Waals surface area contributed by atoms with Gasteiger partial charge in [0.2, 0.25) is 0 Å². The van der Waals surface area contributed by atoms with E-state index in [1.54, 1.807) is 0 Å². The van der Waals surface area contributed by atoms with Crippen molar-refractivity contribution in [3.8, 4) is 17.3 Å². The van der Waals surface area contributed by atoms with Crippen LogP contribution in [0.4, 0.5) is 17.6 Å². The van der Waals surface area contributed by atoms with E-state index in [0.717, 1.165) is 19.2 Å². The standard InChI is InChI=1S/C15H6Cl2F4N2O2/c1-25-14(24)13-10(17)4-11(18)12(23-13)7-2-6(5-22)8(3-9(7)16)15(19,20)21/h2-4H,1H3. The summed E-state index contributed by atoms with van der Waals surface area (Å²) >= 11 is 11.5. The van der Waals surface area contributed by atoms with E-state index in [1.165, 1.54) is 6.07 Å². The summed E-state index contributed by atoms with van der Waals surface area (Å²) in [6, 6.07) is 3.35. The molecule has 0 aliphatic heterocycles. The quantitative estimate of drug-likeness (QED) is 0.540. The van der Waals surface area contributed by atoms with E-state index in [9.17, 15) is 22.4 Å². The Morgan fingerprint density at radius 1 is 1.24 bits per heavy atom. The van der Waals surface area contributed by atoms with Crippen molar-refractivity contribution in [2.45, 2.75) is 6.18 Å². The SMILES string of the molecule is COC(=O)c1nc(-c2cc(C#N)c(C(F)(F)F)cc2Cl)c(F)cc1Cl. The summed E-state index contributed by atoms with van der Waals surface area (Å²) < 4.78 is 57.4. The molecule has 1 aromatic heterocycles. The zero-order chi connectivity index (χ0) is 18.9. The van der Waals surface area contributed by atoms with E-state index in [-0.39, 0.29) is 10.6 Å². The lowest BCUT2D eigenvalue weighted by molar-refractivity contribution is -0.137.